The molecular formula is C22H21N3O3S. The maximum atomic E-state index is 5.49. The third-order valence-corrected chi connectivity index (χ3v) is 5.52. The first-order chi connectivity index (χ1) is 14.2. The van der Waals surface area contributed by atoms with E-state index in [1.165, 1.54) is 4.88 Å². The maximum absolute atomic E-state index is 5.49. The smallest absolute Gasteiger partial charge is 0.203 e. The van der Waals surface area contributed by atoms with Crippen LogP contribution in [0.1, 0.15) is 4.88 Å². The van der Waals surface area contributed by atoms with Gasteiger partial charge in [0.25, 0.3) is 0 Å². The average molecular weight is 407 g/mol. The van der Waals surface area contributed by atoms with Gasteiger partial charge in [0.05, 0.1) is 33.4 Å². The second-order valence-electron chi connectivity index (χ2n) is 6.30. The van der Waals surface area contributed by atoms with Crippen molar-refractivity contribution < 1.29 is 14.2 Å². The predicted molar refractivity (Wildman–Crippen MR) is 116 cm³/mol. The molecule has 0 aliphatic rings. The summed E-state index contributed by atoms with van der Waals surface area (Å²) in [6.07, 6.45) is 1.58. The summed E-state index contributed by atoms with van der Waals surface area (Å²) in [4.78, 5) is 10.1. The molecule has 0 unspecified atom stereocenters. The Kier molecular flexibility index (Phi) is 5.48. The van der Waals surface area contributed by atoms with Crippen LogP contribution >= 0.6 is 11.3 Å². The Morgan fingerprint density at radius 1 is 0.897 bits per heavy atom. The van der Waals surface area contributed by atoms with Crippen molar-refractivity contribution in [1.29, 1.82) is 0 Å². The molecule has 0 radical (unpaired) electrons. The van der Waals surface area contributed by atoms with E-state index in [1.54, 1.807) is 39.0 Å². The van der Waals surface area contributed by atoms with Gasteiger partial charge in [0.1, 0.15) is 12.1 Å². The molecule has 148 valence electrons. The molecular weight excluding hydrogens is 386 g/mol. The summed E-state index contributed by atoms with van der Waals surface area (Å²) in [6, 6.07) is 14.1. The van der Waals surface area contributed by atoms with Crippen LogP contribution in [-0.4, -0.2) is 31.3 Å². The molecule has 0 aliphatic heterocycles. The number of anilines is 1. The molecule has 0 amide bonds. The zero-order chi connectivity index (χ0) is 20.2. The fourth-order valence-electron chi connectivity index (χ4n) is 3.21. The maximum Gasteiger partial charge on any atom is 0.203 e. The number of benzene rings is 2. The van der Waals surface area contributed by atoms with E-state index in [4.69, 9.17) is 14.2 Å². The molecule has 0 bridgehead atoms. The SMILES string of the molecule is COc1cc(-c2ccc3ncnc(NCc4cccs4)c3c2)cc(OC)c1OC. The lowest BCUT2D eigenvalue weighted by atomic mass is 10.0. The minimum Gasteiger partial charge on any atom is -0.493 e. The van der Waals surface area contributed by atoms with Crippen molar-refractivity contribution >= 4 is 28.1 Å². The molecule has 0 aliphatic carbocycles. The number of hydrogen-bond donors (Lipinski definition) is 1. The third-order valence-electron chi connectivity index (χ3n) is 4.64. The first-order valence-corrected chi connectivity index (χ1v) is 9.93. The van der Waals surface area contributed by atoms with Crippen LogP contribution in [0.4, 0.5) is 5.82 Å². The van der Waals surface area contributed by atoms with Crippen LogP contribution in [0.15, 0.2) is 54.2 Å². The molecule has 2 aromatic carbocycles. The quantitative estimate of drug-likeness (QED) is 0.465. The molecule has 29 heavy (non-hydrogen) atoms. The summed E-state index contributed by atoms with van der Waals surface area (Å²) in [7, 11) is 4.82. The van der Waals surface area contributed by atoms with Crippen molar-refractivity contribution in [2.75, 3.05) is 26.6 Å². The van der Waals surface area contributed by atoms with Gasteiger partial charge in [0.2, 0.25) is 5.75 Å². The van der Waals surface area contributed by atoms with Gasteiger partial charge < -0.3 is 19.5 Å². The number of aromatic nitrogens is 2. The Labute approximate surface area is 173 Å². The van der Waals surface area contributed by atoms with Gasteiger partial charge in [0.15, 0.2) is 11.5 Å². The van der Waals surface area contributed by atoms with Gasteiger partial charge >= 0.3 is 0 Å². The van der Waals surface area contributed by atoms with E-state index in [2.05, 4.69) is 32.8 Å². The normalized spacial score (nSPS) is 10.7. The van der Waals surface area contributed by atoms with Gasteiger partial charge in [-0.15, -0.1) is 11.3 Å². The summed E-state index contributed by atoms with van der Waals surface area (Å²) in [5, 5.41) is 6.44. The van der Waals surface area contributed by atoms with Gasteiger partial charge in [-0.05, 0) is 46.8 Å². The van der Waals surface area contributed by atoms with E-state index in [1.807, 2.05) is 30.3 Å². The first kappa shape index (κ1) is 19.0. The lowest BCUT2D eigenvalue weighted by Gasteiger charge is -2.15. The zero-order valence-corrected chi connectivity index (χ0v) is 17.2. The van der Waals surface area contributed by atoms with Crippen LogP contribution < -0.4 is 19.5 Å². The Hall–Kier alpha value is -3.32. The topological polar surface area (TPSA) is 65.5 Å². The molecule has 2 aromatic heterocycles. The minimum atomic E-state index is 0.571. The van der Waals surface area contributed by atoms with Crippen molar-refractivity contribution in [2.24, 2.45) is 0 Å². The molecule has 0 saturated heterocycles. The molecule has 4 rings (SSSR count). The summed E-state index contributed by atoms with van der Waals surface area (Å²) >= 11 is 1.71. The molecule has 6 nitrogen and oxygen atoms in total. The van der Waals surface area contributed by atoms with Crippen molar-refractivity contribution in [3.63, 3.8) is 0 Å². The summed E-state index contributed by atoms with van der Waals surface area (Å²) < 4.78 is 16.4. The monoisotopic (exact) mass is 407 g/mol. The first-order valence-electron chi connectivity index (χ1n) is 9.05. The van der Waals surface area contributed by atoms with Gasteiger partial charge in [-0.3, -0.25) is 0 Å². The predicted octanol–water partition coefficient (Wildman–Crippen LogP) is 5.00. The van der Waals surface area contributed by atoms with E-state index < -0.39 is 0 Å². The van der Waals surface area contributed by atoms with E-state index in [0.717, 1.165) is 34.4 Å². The second kappa shape index (κ2) is 8.36. The number of ether oxygens (including phenoxy) is 3. The van der Waals surface area contributed by atoms with Crippen LogP contribution in [0, 0.1) is 0 Å². The number of thiophene rings is 1. The van der Waals surface area contributed by atoms with Crippen LogP contribution in [0.3, 0.4) is 0 Å². The minimum absolute atomic E-state index is 0.571. The molecule has 2 heterocycles. The van der Waals surface area contributed by atoms with E-state index in [9.17, 15) is 0 Å². The van der Waals surface area contributed by atoms with Crippen LogP contribution in [-0.2, 0) is 6.54 Å². The molecule has 1 N–H and O–H groups in total. The van der Waals surface area contributed by atoms with Crippen molar-refractivity contribution in [3.05, 3.63) is 59.0 Å². The Morgan fingerprint density at radius 2 is 1.69 bits per heavy atom. The second-order valence-corrected chi connectivity index (χ2v) is 7.33. The average Bonchev–Trinajstić information content (AvgIpc) is 3.29. The highest BCUT2D eigenvalue weighted by molar-refractivity contribution is 7.09. The Morgan fingerprint density at radius 3 is 2.34 bits per heavy atom. The molecule has 4 aromatic rings. The van der Waals surface area contributed by atoms with Crippen molar-refractivity contribution in [2.45, 2.75) is 6.54 Å². The van der Waals surface area contributed by atoms with Gasteiger partial charge in [-0.25, -0.2) is 9.97 Å². The summed E-state index contributed by atoms with van der Waals surface area (Å²) in [6.45, 7) is 0.720. The van der Waals surface area contributed by atoms with Crippen LogP contribution in [0.25, 0.3) is 22.0 Å². The molecule has 0 fully saturated rings. The molecule has 7 heteroatoms. The van der Waals surface area contributed by atoms with Crippen molar-refractivity contribution in [3.8, 4) is 28.4 Å². The van der Waals surface area contributed by atoms with Crippen LogP contribution in [0.2, 0.25) is 0 Å². The number of hydrogen-bond acceptors (Lipinski definition) is 7. The highest BCUT2D eigenvalue weighted by Gasteiger charge is 2.15. The molecule has 0 saturated carbocycles. The van der Waals surface area contributed by atoms with Gasteiger partial charge in [-0.1, -0.05) is 12.1 Å². The number of nitrogens with zero attached hydrogens (tertiary/aromatic N) is 2. The molecule has 0 atom stereocenters. The third kappa shape index (κ3) is 3.82. The standard InChI is InChI=1S/C22H21N3O3S/c1-26-19-10-15(11-20(27-2)21(19)28-3)14-6-7-18-17(9-14)22(25-13-24-18)23-12-16-5-4-8-29-16/h4-11,13H,12H2,1-3H3,(H,23,24,25). The van der Waals surface area contributed by atoms with Crippen LogP contribution in [0.5, 0.6) is 17.2 Å². The fourth-order valence-corrected chi connectivity index (χ4v) is 3.85. The lowest BCUT2D eigenvalue weighted by Crippen LogP contribution is -2.01. The van der Waals surface area contributed by atoms with E-state index in [0.29, 0.717) is 17.2 Å². The van der Waals surface area contributed by atoms with Crippen molar-refractivity contribution in [1.82, 2.24) is 9.97 Å². The number of rotatable bonds is 7. The Bertz CT molecular complexity index is 1100. The lowest BCUT2D eigenvalue weighted by molar-refractivity contribution is 0.324. The Balaban J connectivity index is 1.76. The summed E-state index contributed by atoms with van der Waals surface area (Å²) in [5.41, 5.74) is 2.84. The van der Waals surface area contributed by atoms with E-state index in [-0.39, 0.29) is 0 Å². The zero-order valence-electron chi connectivity index (χ0n) is 16.4. The van der Waals surface area contributed by atoms with E-state index >= 15 is 0 Å². The number of fused-ring (bicyclic) bond motifs is 1. The highest BCUT2D eigenvalue weighted by atomic mass is 32.1. The number of nitrogens with one attached hydrogen (secondary N) is 1. The van der Waals surface area contributed by atoms with Gasteiger partial charge in [0, 0.05) is 10.3 Å². The summed E-state index contributed by atoms with van der Waals surface area (Å²) in [5.74, 6) is 2.60. The van der Waals surface area contributed by atoms with Gasteiger partial charge in [-0.2, -0.15) is 0 Å². The largest absolute Gasteiger partial charge is 0.493 e. The molecule has 0 spiro atoms. The number of methoxy groups -OCH3 is 3. The highest BCUT2D eigenvalue weighted by Crippen LogP contribution is 2.41. The fraction of sp³-hybridized carbons (Fsp3) is 0.182.